The third-order valence-corrected chi connectivity index (χ3v) is 4.52. The summed E-state index contributed by atoms with van der Waals surface area (Å²) in [6.07, 6.45) is -1.71. The number of carboxylic acid groups (broad SMARTS) is 1. The van der Waals surface area contributed by atoms with Crippen LogP contribution < -0.4 is 5.32 Å². The lowest BCUT2D eigenvalue weighted by Gasteiger charge is -2.11. The summed E-state index contributed by atoms with van der Waals surface area (Å²) in [5.41, 5.74) is 0.564. The number of carboxylic acids is 1. The number of carbonyl (C=O) groups is 1. The summed E-state index contributed by atoms with van der Waals surface area (Å²) < 4.78 is 51.6. The Balaban J connectivity index is 1.71. The molecule has 0 saturated carbocycles. The minimum Gasteiger partial charge on any atom is -0.477 e. The summed E-state index contributed by atoms with van der Waals surface area (Å²) in [5, 5.41) is 12.1. The maximum absolute atomic E-state index is 13.4. The lowest BCUT2D eigenvalue weighted by Crippen LogP contribution is -2.05. The van der Waals surface area contributed by atoms with Crippen molar-refractivity contribution in [3.05, 3.63) is 71.7 Å². The van der Waals surface area contributed by atoms with Crippen LogP contribution in [0.15, 0.2) is 54.9 Å². The predicted molar refractivity (Wildman–Crippen MR) is 107 cm³/mol. The molecule has 7 nitrogen and oxygen atoms in total. The van der Waals surface area contributed by atoms with Gasteiger partial charge in [-0.1, -0.05) is 6.07 Å². The molecule has 0 aliphatic rings. The van der Waals surface area contributed by atoms with Crippen molar-refractivity contribution < 1.29 is 27.5 Å². The molecule has 0 fully saturated rings. The van der Waals surface area contributed by atoms with E-state index in [1.54, 1.807) is 6.07 Å². The van der Waals surface area contributed by atoms with Gasteiger partial charge in [0.2, 0.25) is 0 Å². The molecular formula is C21H13F4N5O2. The van der Waals surface area contributed by atoms with Gasteiger partial charge >= 0.3 is 12.1 Å². The van der Waals surface area contributed by atoms with E-state index < -0.39 is 24.4 Å². The van der Waals surface area contributed by atoms with Crippen LogP contribution >= 0.6 is 0 Å². The number of halogens is 4. The van der Waals surface area contributed by atoms with Gasteiger partial charge < -0.3 is 10.4 Å². The fourth-order valence-electron chi connectivity index (χ4n) is 2.97. The molecule has 0 spiro atoms. The highest BCUT2D eigenvalue weighted by Crippen LogP contribution is 2.31. The van der Waals surface area contributed by atoms with Crippen molar-refractivity contribution in [2.75, 3.05) is 5.32 Å². The topological polar surface area (TPSA) is 101 Å². The van der Waals surface area contributed by atoms with Gasteiger partial charge in [-0.25, -0.2) is 29.1 Å². The van der Waals surface area contributed by atoms with Crippen LogP contribution in [0.3, 0.4) is 0 Å². The highest BCUT2D eigenvalue weighted by Gasteiger charge is 2.30. The van der Waals surface area contributed by atoms with E-state index in [-0.39, 0.29) is 28.3 Å². The normalized spacial score (nSPS) is 11.5. The number of fused-ring (bicyclic) bond motifs is 1. The Bertz CT molecular complexity index is 1310. The highest BCUT2D eigenvalue weighted by molar-refractivity contribution is 5.89. The fourth-order valence-corrected chi connectivity index (χ4v) is 2.97. The molecule has 0 saturated heterocycles. The standard InChI is InChI=1S/C21H13F4N5O2/c22-9-11-1-6-15(20(31)32)29-17(11)16-10-27-18-14(7-8-26-19(18)30-16)28-13-4-2-12(3-5-13)21(23,24)25/h1-8,10H,9H2,(H,31,32)(H,26,28,30). The lowest BCUT2D eigenvalue weighted by molar-refractivity contribution is -0.137. The second-order valence-electron chi connectivity index (χ2n) is 6.63. The van der Waals surface area contributed by atoms with Gasteiger partial charge in [-0.05, 0) is 36.4 Å². The number of pyridine rings is 2. The van der Waals surface area contributed by atoms with Crippen LogP contribution in [0.2, 0.25) is 0 Å². The molecular weight excluding hydrogens is 430 g/mol. The van der Waals surface area contributed by atoms with E-state index in [4.69, 9.17) is 5.11 Å². The van der Waals surface area contributed by atoms with E-state index in [1.165, 1.54) is 36.7 Å². The molecule has 3 heterocycles. The number of alkyl halides is 4. The van der Waals surface area contributed by atoms with Crippen molar-refractivity contribution in [2.45, 2.75) is 12.9 Å². The summed E-state index contributed by atoms with van der Waals surface area (Å²) >= 11 is 0. The first-order valence-corrected chi connectivity index (χ1v) is 9.12. The number of nitrogens with zero attached hydrogens (tertiary/aromatic N) is 4. The van der Waals surface area contributed by atoms with Gasteiger partial charge in [-0.3, -0.25) is 0 Å². The van der Waals surface area contributed by atoms with Gasteiger partial charge in [0, 0.05) is 17.4 Å². The Morgan fingerprint density at radius 2 is 1.75 bits per heavy atom. The fraction of sp³-hybridized carbons (Fsp3) is 0.0952. The van der Waals surface area contributed by atoms with Crippen molar-refractivity contribution in [1.29, 1.82) is 0 Å². The van der Waals surface area contributed by atoms with E-state index in [9.17, 15) is 22.4 Å². The van der Waals surface area contributed by atoms with Crippen molar-refractivity contribution in [1.82, 2.24) is 19.9 Å². The first-order chi connectivity index (χ1) is 15.3. The Hall–Kier alpha value is -4.15. The molecule has 0 radical (unpaired) electrons. The number of aromatic nitrogens is 4. The quantitative estimate of drug-likeness (QED) is 0.418. The zero-order valence-electron chi connectivity index (χ0n) is 16.1. The molecule has 4 rings (SSSR count). The maximum Gasteiger partial charge on any atom is 0.416 e. The van der Waals surface area contributed by atoms with E-state index in [0.717, 1.165) is 12.1 Å². The number of rotatable bonds is 5. The Kier molecular flexibility index (Phi) is 5.39. The van der Waals surface area contributed by atoms with Crippen LogP contribution in [0.4, 0.5) is 28.9 Å². The summed E-state index contributed by atoms with van der Waals surface area (Å²) in [7, 11) is 0. The first kappa shape index (κ1) is 21.1. The third kappa shape index (κ3) is 4.17. The second-order valence-corrected chi connectivity index (χ2v) is 6.63. The van der Waals surface area contributed by atoms with Crippen molar-refractivity contribution in [3.8, 4) is 11.4 Å². The largest absolute Gasteiger partial charge is 0.477 e. The number of aromatic carboxylic acids is 1. The molecule has 0 aliphatic heterocycles. The third-order valence-electron chi connectivity index (χ3n) is 4.52. The average Bonchev–Trinajstić information content (AvgIpc) is 2.78. The monoisotopic (exact) mass is 443 g/mol. The van der Waals surface area contributed by atoms with Crippen LogP contribution in [0.25, 0.3) is 22.6 Å². The van der Waals surface area contributed by atoms with Crippen LogP contribution in [0.1, 0.15) is 21.6 Å². The number of anilines is 2. The van der Waals surface area contributed by atoms with Crippen LogP contribution in [0, 0.1) is 0 Å². The van der Waals surface area contributed by atoms with E-state index in [1.807, 2.05) is 0 Å². The molecule has 4 aromatic rings. The Morgan fingerprint density at radius 3 is 2.41 bits per heavy atom. The summed E-state index contributed by atoms with van der Waals surface area (Å²) in [6, 6.07) is 8.56. The van der Waals surface area contributed by atoms with Gasteiger partial charge in [0.05, 0.1) is 23.1 Å². The van der Waals surface area contributed by atoms with Crippen molar-refractivity contribution >= 4 is 28.5 Å². The first-order valence-electron chi connectivity index (χ1n) is 9.12. The molecule has 0 bridgehead atoms. The van der Waals surface area contributed by atoms with E-state index in [2.05, 4.69) is 25.3 Å². The minimum atomic E-state index is -4.44. The average molecular weight is 443 g/mol. The van der Waals surface area contributed by atoms with Gasteiger partial charge in [-0.15, -0.1) is 0 Å². The molecule has 1 aromatic carbocycles. The van der Waals surface area contributed by atoms with Gasteiger partial charge in [0.25, 0.3) is 0 Å². The molecule has 0 amide bonds. The Morgan fingerprint density at radius 1 is 1.00 bits per heavy atom. The second kappa shape index (κ2) is 8.17. The zero-order chi connectivity index (χ0) is 22.9. The number of benzene rings is 1. The molecule has 0 unspecified atom stereocenters. The number of hydrogen-bond acceptors (Lipinski definition) is 6. The number of hydrogen-bond donors (Lipinski definition) is 2. The van der Waals surface area contributed by atoms with Crippen molar-refractivity contribution in [3.63, 3.8) is 0 Å². The zero-order valence-corrected chi connectivity index (χ0v) is 16.1. The molecule has 11 heteroatoms. The summed E-state index contributed by atoms with van der Waals surface area (Å²) in [6.45, 7) is -0.884. The van der Waals surface area contributed by atoms with Gasteiger partial charge in [0.1, 0.15) is 23.6 Å². The van der Waals surface area contributed by atoms with Crippen LogP contribution in [-0.2, 0) is 12.9 Å². The lowest BCUT2D eigenvalue weighted by atomic mass is 10.1. The smallest absolute Gasteiger partial charge is 0.416 e. The SMILES string of the molecule is O=C(O)c1ccc(CF)c(-c2cnc3c(Nc4ccc(C(F)(F)F)cc4)ccnc3n2)n1. The van der Waals surface area contributed by atoms with Crippen molar-refractivity contribution in [2.24, 2.45) is 0 Å². The molecule has 32 heavy (non-hydrogen) atoms. The molecule has 3 aromatic heterocycles. The summed E-state index contributed by atoms with van der Waals surface area (Å²) in [5.74, 6) is -1.27. The van der Waals surface area contributed by atoms with E-state index >= 15 is 0 Å². The number of nitrogens with one attached hydrogen (secondary N) is 1. The van der Waals surface area contributed by atoms with Gasteiger partial charge in [0.15, 0.2) is 5.65 Å². The predicted octanol–water partition coefficient (Wildman–Crippen LogP) is 5.02. The minimum absolute atomic E-state index is 0.0321. The summed E-state index contributed by atoms with van der Waals surface area (Å²) in [4.78, 5) is 27.9. The van der Waals surface area contributed by atoms with E-state index in [0.29, 0.717) is 16.9 Å². The highest BCUT2D eigenvalue weighted by atomic mass is 19.4. The maximum atomic E-state index is 13.4. The Labute approximate surface area is 177 Å². The molecule has 0 atom stereocenters. The molecule has 162 valence electrons. The van der Waals surface area contributed by atoms with Crippen LogP contribution in [0.5, 0.6) is 0 Å². The molecule has 0 aliphatic carbocycles. The van der Waals surface area contributed by atoms with Gasteiger partial charge in [-0.2, -0.15) is 13.2 Å². The van der Waals surface area contributed by atoms with Crippen LogP contribution in [-0.4, -0.2) is 31.0 Å². The molecule has 2 N–H and O–H groups in total.